The molecule has 1 aliphatic rings. The molecule has 2 aromatic heterocycles. The minimum atomic E-state index is -4.53. The molecule has 3 rings (SSSR count). The molecule has 1 saturated heterocycles. The number of nitrogens with zero attached hydrogens (tertiary/aromatic N) is 5. The van der Waals surface area contributed by atoms with Crippen molar-refractivity contribution in [2.24, 2.45) is 7.05 Å². The van der Waals surface area contributed by atoms with Gasteiger partial charge in [-0.25, -0.2) is 9.78 Å². The number of hydrogen-bond donors (Lipinski definition) is 0. The maximum Gasteiger partial charge on any atom is 0.417 e. The lowest BCUT2D eigenvalue weighted by Crippen LogP contribution is -2.50. The van der Waals surface area contributed by atoms with Gasteiger partial charge in [-0.1, -0.05) is 11.6 Å². The maximum atomic E-state index is 12.8. The number of anilines is 1. The molecule has 0 aliphatic carbocycles. The number of halogens is 4. The number of carbonyl (C=O) groups excluding carboxylic acids is 2. The van der Waals surface area contributed by atoms with Crippen molar-refractivity contribution in [3.05, 3.63) is 45.9 Å². The highest BCUT2D eigenvalue weighted by Crippen LogP contribution is 2.33. The molecule has 1 fully saturated rings. The molecule has 0 atom stereocenters. The van der Waals surface area contributed by atoms with E-state index in [1.165, 1.54) is 11.0 Å². The third kappa shape index (κ3) is 5.84. The topological polar surface area (TPSA) is 80.6 Å². The number of aryl methyl sites for hydroxylation is 2. The first-order valence-electron chi connectivity index (χ1n) is 10.1. The number of esters is 1. The van der Waals surface area contributed by atoms with Gasteiger partial charge in [-0.15, -0.1) is 0 Å². The zero-order valence-corrected chi connectivity index (χ0v) is 19.1. The summed E-state index contributed by atoms with van der Waals surface area (Å²) >= 11 is 5.99. The van der Waals surface area contributed by atoms with E-state index in [0.717, 1.165) is 29.2 Å². The third-order valence-electron chi connectivity index (χ3n) is 5.37. The van der Waals surface area contributed by atoms with E-state index in [1.807, 2.05) is 13.8 Å². The van der Waals surface area contributed by atoms with Crippen LogP contribution in [0.3, 0.4) is 0 Å². The highest BCUT2D eigenvalue weighted by Gasteiger charge is 2.32. The highest BCUT2D eigenvalue weighted by atomic mass is 35.5. The first kappa shape index (κ1) is 24.6. The van der Waals surface area contributed by atoms with Crippen molar-refractivity contribution in [1.82, 2.24) is 19.7 Å². The Balaban J connectivity index is 1.49. The average molecular weight is 486 g/mol. The van der Waals surface area contributed by atoms with Crippen LogP contribution in [0.1, 0.15) is 22.5 Å². The quantitative estimate of drug-likeness (QED) is 0.478. The summed E-state index contributed by atoms with van der Waals surface area (Å²) in [5.41, 5.74) is 1.56. The van der Waals surface area contributed by atoms with Gasteiger partial charge < -0.3 is 14.5 Å². The second-order valence-electron chi connectivity index (χ2n) is 7.54. The van der Waals surface area contributed by atoms with Gasteiger partial charge in [0.2, 0.25) is 0 Å². The van der Waals surface area contributed by atoms with Gasteiger partial charge in [0, 0.05) is 56.8 Å². The molecule has 1 amide bonds. The fourth-order valence-corrected chi connectivity index (χ4v) is 3.73. The summed E-state index contributed by atoms with van der Waals surface area (Å²) in [6.45, 7) is 4.54. The van der Waals surface area contributed by atoms with Gasteiger partial charge in [0.1, 0.15) is 5.82 Å². The predicted octanol–water partition coefficient (Wildman–Crippen LogP) is 3.01. The maximum absolute atomic E-state index is 12.8. The molecule has 33 heavy (non-hydrogen) atoms. The standard InChI is InChI=1S/C21H23ClF3N5O3/c1-13-16(14(2)28(3)27-13)4-5-19(32)33-12-18(31)29-6-8-30(9-7-29)20-17(22)10-15(11-26-20)21(23,24)25/h4-5,10-11H,6-9,12H2,1-3H3. The normalized spacial score (nSPS) is 14.8. The van der Waals surface area contributed by atoms with Gasteiger partial charge in [0.15, 0.2) is 6.61 Å². The predicted molar refractivity (Wildman–Crippen MR) is 116 cm³/mol. The van der Waals surface area contributed by atoms with Crippen LogP contribution < -0.4 is 4.90 Å². The van der Waals surface area contributed by atoms with E-state index in [1.54, 1.807) is 22.7 Å². The number of ether oxygens (including phenoxy) is 1. The lowest BCUT2D eigenvalue weighted by molar-refractivity contribution is -0.148. The van der Waals surface area contributed by atoms with Crippen molar-refractivity contribution in [2.45, 2.75) is 20.0 Å². The van der Waals surface area contributed by atoms with Gasteiger partial charge >= 0.3 is 12.1 Å². The first-order chi connectivity index (χ1) is 15.5. The Morgan fingerprint density at radius 1 is 1.21 bits per heavy atom. The molecule has 1 aliphatic heterocycles. The highest BCUT2D eigenvalue weighted by molar-refractivity contribution is 6.33. The van der Waals surface area contributed by atoms with Crippen LogP contribution in [0.4, 0.5) is 19.0 Å². The van der Waals surface area contributed by atoms with Crippen LogP contribution >= 0.6 is 11.6 Å². The largest absolute Gasteiger partial charge is 0.452 e. The smallest absolute Gasteiger partial charge is 0.417 e. The molecule has 0 unspecified atom stereocenters. The zero-order valence-electron chi connectivity index (χ0n) is 18.3. The summed E-state index contributed by atoms with van der Waals surface area (Å²) in [6, 6.07) is 0.836. The summed E-state index contributed by atoms with van der Waals surface area (Å²) in [4.78, 5) is 31.4. The van der Waals surface area contributed by atoms with E-state index >= 15 is 0 Å². The molecule has 0 spiro atoms. The average Bonchev–Trinajstić information content (AvgIpc) is 3.00. The van der Waals surface area contributed by atoms with E-state index in [9.17, 15) is 22.8 Å². The van der Waals surface area contributed by atoms with E-state index in [-0.39, 0.29) is 16.7 Å². The fourth-order valence-electron chi connectivity index (χ4n) is 3.44. The Bertz CT molecular complexity index is 1080. The van der Waals surface area contributed by atoms with Crippen molar-refractivity contribution in [2.75, 3.05) is 37.7 Å². The second kappa shape index (κ2) is 9.82. The number of alkyl halides is 3. The molecular weight excluding hydrogens is 463 g/mol. The summed E-state index contributed by atoms with van der Waals surface area (Å²) < 4.78 is 45.1. The number of carbonyl (C=O) groups is 2. The lowest BCUT2D eigenvalue weighted by Gasteiger charge is -2.35. The Morgan fingerprint density at radius 3 is 2.42 bits per heavy atom. The van der Waals surface area contributed by atoms with Crippen LogP contribution in [-0.4, -0.2) is 64.3 Å². The van der Waals surface area contributed by atoms with Crippen LogP contribution in [-0.2, 0) is 27.5 Å². The summed E-state index contributed by atoms with van der Waals surface area (Å²) in [5.74, 6) is -0.781. The number of aromatic nitrogens is 3. The molecule has 0 aromatic carbocycles. The van der Waals surface area contributed by atoms with Crippen LogP contribution in [0.15, 0.2) is 18.3 Å². The number of rotatable bonds is 5. The minimum absolute atomic E-state index is 0.107. The van der Waals surface area contributed by atoms with Gasteiger partial charge in [0.05, 0.1) is 16.3 Å². The Labute approximate surface area is 193 Å². The molecule has 2 aromatic rings. The molecule has 0 N–H and O–H groups in total. The molecule has 0 bridgehead atoms. The van der Waals surface area contributed by atoms with Crippen molar-refractivity contribution in [3.8, 4) is 0 Å². The van der Waals surface area contributed by atoms with E-state index in [2.05, 4.69) is 10.1 Å². The van der Waals surface area contributed by atoms with Crippen LogP contribution in [0, 0.1) is 13.8 Å². The number of amides is 1. The van der Waals surface area contributed by atoms with E-state index < -0.39 is 24.3 Å². The Morgan fingerprint density at radius 2 is 1.88 bits per heavy atom. The Kier molecular flexibility index (Phi) is 7.31. The van der Waals surface area contributed by atoms with Crippen molar-refractivity contribution >= 4 is 35.4 Å². The van der Waals surface area contributed by atoms with Gasteiger partial charge in [-0.05, 0) is 26.0 Å². The molecule has 0 saturated carbocycles. The third-order valence-corrected chi connectivity index (χ3v) is 5.65. The molecule has 178 valence electrons. The van der Waals surface area contributed by atoms with Gasteiger partial charge in [-0.3, -0.25) is 9.48 Å². The van der Waals surface area contributed by atoms with Crippen molar-refractivity contribution < 1.29 is 27.5 Å². The van der Waals surface area contributed by atoms with Crippen LogP contribution in [0.25, 0.3) is 6.08 Å². The fraction of sp³-hybridized carbons (Fsp3) is 0.429. The van der Waals surface area contributed by atoms with E-state index in [4.69, 9.17) is 16.3 Å². The number of piperazine rings is 1. The molecule has 3 heterocycles. The minimum Gasteiger partial charge on any atom is -0.452 e. The molecule has 0 radical (unpaired) electrons. The van der Waals surface area contributed by atoms with Crippen molar-refractivity contribution in [3.63, 3.8) is 0 Å². The van der Waals surface area contributed by atoms with Gasteiger partial charge in [-0.2, -0.15) is 18.3 Å². The summed E-state index contributed by atoms with van der Waals surface area (Å²) in [6.07, 6.45) is -0.937. The zero-order chi connectivity index (χ0) is 24.3. The molecule has 12 heteroatoms. The van der Waals surface area contributed by atoms with Crippen LogP contribution in [0.2, 0.25) is 5.02 Å². The summed E-state index contributed by atoms with van der Waals surface area (Å²) in [5, 5.41) is 4.15. The second-order valence-corrected chi connectivity index (χ2v) is 7.95. The van der Waals surface area contributed by atoms with Crippen molar-refractivity contribution in [1.29, 1.82) is 0 Å². The van der Waals surface area contributed by atoms with E-state index in [0.29, 0.717) is 26.2 Å². The van der Waals surface area contributed by atoms with Crippen LogP contribution in [0.5, 0.6) is 0 Å². The monoisotopic (exact) mass is 485 g/mol. The lowest BCUT2D eigenvalue weighted by atomic mass is 10.2. The molecule has 8 nitrogen and oxygen atoms in total. The summed E-state index contributed by atoms with van der Waals surface area (Å²) in [7, 11) is 1.80. The number of pyridine rings is 1. The first-order valence-corrected chi connectivity index (χ1v) is 10.5. The SMILES string of the molecule is Cc1nn(C)c(C)c1C=CC(=O)OCC(=O)N1CCN(c2ncc(C(F)(F)F)cc2Cl)CC1. The van der Waals surface area contributed by atoms with Gasteiger partial charge in [0.25, 0.3) is 5.91 Å². The Hall–Kier alpha value is -3.08. The number of hydrogen-bond acceptors (Lipinski definition) is 6. The molecular formula is C21H23ClF3N5O3.